The molecule has 0 radical (unpaired) electrons. The molecule has 1 fully saturated rings. The molecule has 1 rings (SSSR count). The number of unbranched alkanes of at least 4 members (excludes halogenated alkanes) is 5. The van der Waals surface area contributed by atoms with E-state index in [9.17, 15) is 14.7 Å². The van der Waals surface area contributed by atoms with Crippen LogP contribution in [0.25, 0.3) is 0 Å². The number of ether oxygens (including phenoxy) is 1. The second-order valence-corrected chi connectivity index (χ2v) is 6.11. The monoisotopic (exact) mass is 316 g/mol. The largest absolute Gasteiger partial charge is 0.481 e. The number of aliphatic hydroxyl groups excluding tert-OH is 1. The lowest BCUT2D eigenvalue weighted by Crippen LogP contribution is -2.46. The number of carbonyl (C=O) groups is 2. The number of aliphatic hydroxyl groups is 1. The van der Waals surface area contributed by atoms with Crippen LogP contribution in [-0.2, 0) is 14.3 Å². The predicted octanol–water partition coefficient (Wildman–Crippen LogP) is 2.29. The van der Waals surface area contributed by atoms with Gasteiger partial charge in [-0.25, -0.2) is 0 Å². The van der Waals surface area contributed by atoms with E-state index in [1.54, 1.807) is 0 Å². The molecule has 0 amide bonds. The van der Waals surface area contributed by atoms with E-state index in [0.717, 1.165) is 19.3 Å². The Morgan fingerprint density at radius 2 is 1.50 bits per heavy atom. The quantitative estimate of drug-likeness (QED) is 0.534. The summed E-state index contributed by atoms with van der Waals surface area (Å²) in [5, 5.41) is 28.2. The van der Waals surface area contributed by atoms with Gasteiger partial charge >= 0.3 is 11.9 Å². The summed E-state index contributed by atoms with van der Waals surface area (Å²) in [6, 6.07) is 0. The maximum atomic E-state index is 11.2. The van der Waals surface area contributed by atoms with Gasteiger partial charge in [-0.15, -0.1) is 0 Å². The fourth-order valence-corrected chi connectivity index (χ4v) is 2.99. The molecule has 0 aromatic rings. The molecule has 6 heteroatoms. The van der Waals surface area contributed by atoms with Crippen LogP contribution >= 0.6 is 0 Å². The molecule has 1 aliphatic carbocycles. The molecule has 22 heavy (non-hydrogen) atoms. The third-order valence-corrected chi connectivity index (χ3v) is 4.36. The van der Waals surface area contributed by atoms with Crippen LogP contribution in [-0.4, -0.2) is 46.1 Å². The summed E-state index contributed by atoms with van der Waals surface area (Å²) in [4.78, 5) is 22.3. The highest BCUT2D eigenvalue weighted by Gasteiger charge is 2.44. The van der Waals surface area contributed by atoms with Crippen molar-refractivity contribution in [2.24, 2.45) is 11.8 Å². The van der Waals surface area contributed by atoms with Crippen LogP contribution in [0, 0.1) is 11.8 Å². The average Bonchev–Trinajstić information content (AvgIpc) is 2.46. The number of hydrogen-bond donors (Lipinski definition) is 3. The van der Waals surface area contributed by atoms with E-state index in [4.69, 9.17) is 14.9 Å². The van der Waals surface area contributed by atoms with Gasteiger partial charge in [0.25, 0.3) is 0 Å². The second kappa shape index (κ2) is 9.79. The van der Waals surface area contributed by atoms with Crippen molar-refractivity contribution >= 4 is 11.9 Å². The zero-order chi connectivity index (χ0) is 16.5. The van der Waals surface area contributed by atoms with E-state index >= 15 is 0 Å². The van der Waals surface area contributed by atoms with Crippen molar-refractivity contribution in [1.82, 2.24) is 0 Å². The first-order valence-electron chi connectivity index (χ1n) is 8.22. The van der Waals surface area contributed by atoms with Crippen LogP contribution in [0.4, 0.5) is 0 Å². The summed E-state index contributed by atoms with van der Waals surface area (Å²) in [5.74, 6) is -4.33. The number of carboxylic acids is 2. The highest BCUT2D eigenvalue weighted by Crippen LogP contribution is 2.32. The van der Waals surface area contributed by atoms with Crippen molar-refractivity contribution in [3.05, 3.63) is 0 Å². The van der Waals surface area contributed by atoms with Crippen LogP contribution in [0.15, 0.2) is 0 Å². The van der Waals surface area contributed by atoms with Gasteiger partial charge in [0.15, 0.2) is 0 Å². The van der Waals surface area contributed by atoms with Gasteiger partial charge in [0.2, 0.25) is 0 Å². The lowest BCUT2D eigenvalue weighted by Gasteiger charge is -2.35. The number of aliphatic carboxylic acids is 2. The smallest absolute Gasteiger partial charge is 0.307 e. The SMILES string of the molecule is CCCCCCCCO[C@@H]1C[C@H](C(=O)O)[C@H](C(=O)O)C[C@H]1O. The third-order valence-electron chi connectivity index (χ3n) is 4.36. The first-order chi connectivity index (χ1) is 10.5. The molecular formula is C16H28O6. The summed E-state index contributed by atoms with van der Waals surface area (Å²) >= 11 is 0. The van der Waals surface area contributed by atoms with E-state index in [1.165, 1.54) is 19.3 Å². The Bertz CT molecular complexity index is 357. The molecule has 3 N–H and O–H groups in total. The molecule has 4 atom stereocenters. The Hall–Kier alpha value is -1.14. The fraction of sp³-hybridized carbons (Fsp3) is 0.875. The third kappa shape index (κ3) is 5.93. The molecule has 0 heterocycles. The average molecular weight is 316 g/mol. The summed E-state index contributed by atoms with van der Waals surface area (Å²) in [7, 11) is 0. The number of hydrogen-bond acceptors (Lipinski definition) is 4. The lowest BCUT2D eigenvalue weighted by molar-refractivity contribution is -0.165. The minimum Gasteiger partial charge on any atom is -0.481 e. The molecule has 0 aromatic carbocycles. The topological polar surface area (TPSA) is 104 Å². The Morgan fingerprint density at radius 3 is 2.09 bits per heavy atom. The van der Waals surface area contributed by atoms with Crippen LogP contribution in [0.3, 0.4) is 0 Å². The van der Waals surface area contributed by atoms with Crippen molar-refractivity contribution in [3.63, 3.8) is 0 Å². The Kier molecular flexibility index (Phi) is 8.42. The van der Waals surface area contributed by atoms with Gasteiger partial charge in [-0.3, -0.25) is 9.59 Å². The fourth-order valence-electron chi connectivity index (χ4n) is 2.99. The minimum absolute atomic E-state index is 0.0588. The first kappa shape index (κ1) is 18.9. The molecule has 0 saturated heterocycles. The van der Waals surface area contributed by atoms with Crippen molar-refractivity contribution in [2.75, 3.05) is 6.61 Å². The maximum absolute atomic E-state index is 11.2. The molecule has 128 valence electrons. The van der Waals surface area contributed by atoms with Crippen LogP contribution in [0.5, 0.6) is 0 Å². The van der Waals surface area contributed by atoms with Crippen LogP contribution in [0.1, 0.15) is 58.3 Å². The Labute approximate surface area is 131 Å². The predicted molar refractivity (Wildman–Crippen MR) is 80.6 cm³/mol. The van der Waals surface area contributed by atoms with E-state index in [-0.39, 0.29) is 12.8 Å². The summed E-state index contributed by atoms with van der Waals surface area (Å²) in [5.41, 5.74) is 0. The number of rotatable bonds is 10. The van der Waals surface area contributed by atoms with Gasteiger partial charge in [0.1, 0.15) is 0 Å². The lowest BCUT2D eigenvalue weighted by atomic mass is 9.76. The van der Waals surface area contributed by atoms with Crippen molar-refractivity contribution < 1.29 is 29.6 Å². The van der Waals surface area contributed by atoms with Gasteiger partial charge in [-0.1, -0.05) is 39.0 Å². The Balaban J connectivity index is 2.35. The van der Waals surface area contributed by atoms with E-state index in [1.807, 2.05) is 0 Å². The van der Waals surface area contributed by atoms with Gasteiger partial charge < -0.3 is 20.1 Å². The van der Waals surface area contributed by atoms with Crippen molar-refractivity contribution in [2.45, 2.75) is 70.5 Å². The van der Waals surface area contributed by atoms with Crippen molar-refractivity contribution in [3.8, 4) is 0 Å². The van der Waals surface area contributed by atoms with Crippen molar-refractivity contribution in [1.29, 1.82) is 0 Å². The molecule has 6 nitrogen and oxygen atoms in total. The standard InChI is InChI=1S/C16H28O6/c1-2-3-4-5-6-7-8-22-14-10-12(16(20)21)11(15(18)19)9-13(14)17/h11-14,17H,2-10H2,1H3,(H,18,19)(H,20,21)/t11-,12+,13-,14-/m1/s1. The molecule has 0 unspecified atom stereocenters. The molecule has 0 bridgehead atoms. The Morgan fingerprint density at radius 1 is 0.955 bits per heavy atom. The molecule has 0 aromatic heterocycles. The van der Waals surface area contributed by atoms with E-state index < -0.39 is 36.0 Å². The highest BCUT2D eigenvalue weighted by atomic mass is 16.5. The zero-order valence-electron chi connectivity index (χ0n) is 13.2. The van der Waals surface area contributed by atoms with Gasteiger partial charge in [0.05, 0.1) is 24.0 Å². The van der Waals surface area contributed by atoms with E-state index in [2.05, 4.69) is 6.92 Å². The van der Waals surface area contributed by atoms with E-state index in [0.29, 0.717) is 6.61 Å². The molecule has 0 aliphatic heterocycles. The molecule has 1 aliphatic rings. The summed E-state index contributed by atoms with van der Waals surface area (Å²) < 4.78 is 5.60. The van der Waals surface area contributed by atoms with Crippen LogP contribution in [0.2, 0.25) is 0 Å². The maximum Gasteiger partial charge on any atom is 0.307 e. The van der Waals surface area contributed by atoms with Crippen LogP contribution < -0.4 is 0 Å². The summed E-state index contributed by atoms with van der Waals surface area (Å²) in [6.07, 6.45) is 5.26. The van der Waals surface area contributed by atoms with Gasteiger partial charge in [-0.2, -0.15) is 0 Å². The zero-order valence-corrected chi connectivity index (χ0v) is 13.2. The molecular weight excluding hydrogens is 288 g/mol. The number of carboxylic acid groups (broad SMARTS) is 2. The minimum atomic E-state index is -1.17. The summed E-state index contributed by atoms with van der Waals surface area (Å²) in [6.45, 7) is 2.65. The molecule has 0 spiro atoms. The van der Waals surface area contributed by atoms with Gasteiger partial charge in [-0.05, 0) is 19.3 Å². The molecule has 1 saturated carbocycles. The highest BCUT2D eigenvalue weighted by molar-refractivity contribution is 5.80. The normalized spacial score (nSPS) is 28.5. The van der Waals surface area contributed by atoms with Gasteiger partial charge in [0, 0.05) is 6.61 Å². The first-order valence-corrected chi connectivity index (χ1v) is 8.22. The second-order valence-electron chi connectivity index (χ2n) is 6.11.